The molecule has 1 aromatic carbocycles. The van der Waals surface area contributed by atoms with Gasteiger partial charge in [-0.05, 0) is 37.0 Å². The van der Waals surface area contributed by atoms with E-state index in [1.54, 1.807) is 6.92 Å². The maximum absolute atomic E-state index is 13.7. The van der Waals surface area contributed by atoms with Crippen LogP contribution in [0.4, 0.5) is 4.39 Å². The third-order valence-electron chi connectivity index (χ3n) is 3.33. The Balaban J connectivity index is 2.93. The Labute approximate surface area is 120 Å². The molecule has 2 unspecified atom stereocenters. The van der Waals surface area contributed by atoms with E-state index in [-0.39, 0.29) is 17.5 Å². The first-order valence-corrected chi connectivity index (χ1v) is 8.29. The van der Waals surface area contributed by atoms with Crippen LogP contribution in [0.25, 0.3) is 0 Å². The molecule has 0 spiro atoms. The summed E-state index contributed by atoms with van der Waals surface area (Å²) in [5.41, 5.74) is 6.04. The summed E-state index contributed by atoms with van der Waals surface area (Å²) in [5.74, 6) is -0.349. The van der Waals surface area contributed by atoms with Crippen molar-refractivity contribution < 1.29 is 12.8 Å². The van der Waals surface area contributed by atoms with Crippen molar-refractivity contribution in [1.82, 2.24) is 4.72 Å². The molecule has 6 heteroatoms. The van der Waals surface area contributed by atoms with E-state index in [0.29, 0.717) is 17.9 Å². The first-order valence-electron chi connectivity index (χ1n) is 6.81. The van der Waals surface area contributed by atoms with E-state index in [2.05, 4.69) is 18.6 Å². The molecule has 114 valence electrons. The van der Waals surface area contributed by atoms with E-state index >= 15 is 0 Å². The summed E-state index contributed by atoms with van der Waals surface area (Å²) in [6, 6.07) is 3.66. The lowest BCUT2D eigenvalue weighted by molar-refractivity contribution is 0.444. The van der Waals surface area contributed by atoms with Crippen LogP contribution in [-0.2, 0) is 16.6 Å². The molecule has 0 aromatic heterocycles. The van der Waals surface area contributed by atoms with Gasteiger partial charge in [0.1, 0.15) is 10.7 Å². The highest BCUT2D eigenvalue weighted by Crippen LogP contribution is 2.18. The summed E-state index contributed by atoms with van der Waals surface area (Å²) >= 11 is 0. The fourth-order valence-electron chi connectivity index (χ4n) is 2.03. The molecule has 0 saturated heterocycles. The summed E-state index contributed by atoms with van der Waals surface area (Å²) in [7, 11) is -3.86. The van der Waals surface area contributed by atoms with Crippen molar-refractivity contribution in [2.45, 2.75) is 51.1 Å². The number of sulfonamides is 1. The Morgan fingerprint density at radius 2 is 2.00 bits per heavy atom. The average Bonchev–Trinajstić information content (AvgIpc) is 2.38. The lowest BCUT2D eigenvalue weighted by atomic mass is 10.0. The van der Waals surface area contributed by atoms with Gasteiger partial charge in [-0.2, -0.15) is 0 Å². The van der Waals surface area contributed by atoms with Crippen molar-refractivity contribution in [3.63, 3.8) is 0 Å². The van der Waals surface area contributed by atoms with E-state index < -0.39 is 15.8 Å². The second-order valence-corrected chi connectivity index (χ2v) is 6.92. The smallest absolute Gasteiger partial charge is 0.243 e. The highest BCUT2D eigenvalue weighted by atomic mass is 32.2. The Morgan fingerprint density at radius 3 is 2.55 bits per heavy atom. The van der Waals surface area contributed by atoms with Gasteiger partial charge < -0.3 is 5.73 Å². The number of hydrogen-bond donors (Lipinski definition) is 2. The summed E-state index contributed by atoms with van der Waals surface area (Å²) in [4.78, 5) is -0.337. The van der Waals surface area contributed by atoms with Gasteiger partial charge in [-0.25, -0.2) is 17.5 Å². The largest absolute Gasteiger partial charge is 0.326 e. The number of hydrogen-bond acceptors (Lipinski definition) is 3. The quantitative estimate of drug-likeness (QED) is 0.812. The van der Waals surface area contributed by atoms with E-state index in [1.165, 1.54) is 12.1 Å². The van der Waals surface area contributed by atoms with E-state index in [9.17, 15) is 12.8 Å². The predicted octanol–water partition coefficient (Wildman–Crippen LogP) is 2.39. The van der Waals surface area contributed by atoms with Crippen molar-refractivity contribution in [3.8, 4) is 0 Å². The molecule has 4 nitrogen and oxygen atoms in total. The summed E-state index contributed by atoms with van der Waals surface area (Å²) < 4.78 is 40.7. The molecule has 0 bridgehead atoms. The van der Waals surface area contributed by atoms with E-state index in [4.69, 9.17) is 5.73 Å². The van der Waals surface area contributed by atoms with Gasteiger partial charge in [0.05, 0.1) is 0 Å². The van der Waals surface area contributed by atoms with Crippen LogP contribution in [0.15, 0.2) is 23.1 Å². The van der Waals surface area contributed by atoms with Crippen molar-refractivity contribution in [2.24, 2.45) is 11.7 Å². The minimum absolute atomic E-state index is 0.172. The zero-order valence-corrected chi connectivity index (χ0v) is 13.0. The normalized spacial score (nSPS) is 15.1. The standard InChI is InChI=1S/C14H23FN2O2S/c1-4-10(2)7-11(3)17-20(18,19)14-8-12(9-16)5-6-13(14)15/h5-6,8,10-11,17H,4,7,9,16H2,1-3H3. The number of rotatable bonds is 7. The molecule has 1 rings (SSSR count). The zero-order valence-electron chi connectivity index (χ0n) is 12.2. The minimum atomic E-state index is -3.86. The molecule has 0 aliphatic rings. The number of halogens is 1. The van der Waals surface area contributed by atoms with Crippen LogP contribution in [0.3, 0.4) is 0 Å². The second-order valence-electron chi connectivity index (χ2n) is 5.24. The van der Waals surface area contributed by atoms with Crippen molar-refractivity contribution in [2.75, 3.05) is 0 Å². The molecule has 3 N–H and O–H groups in total. The van der Waals surface area contributed by atoms with E-state index in [0.717, 1.165) is 12.5 Å². The maximum atomic E-state index is 13.7. The fraction of sp³-hybridized carbons (Fsp3) is 0.571. The Kier molecular flexibility index (Phi) is 6.10. The van der Waals surface area contributed by atoms with Crippen LogP contribution in [-0.4, -0.2) is 14.5 Å². The lowest BCUT2D eigenvalue weighted by Gasteiger charge is -2.18. The minimum Gasteiger partial charge on any atom is -0.326 e. The molecule has 0 aliphatic carbocycles. The topological polar surface area (TPSA) is 72.2 Å². The maximum Gasteiger partial charge on any atom is 0.243 e. The van der Waals surface area contributed by atoms with Gasteiger partial charge in [0, 0.05) is 12.6 Å². The highest BCUT2D eigenvalue weighted by molar-refractivity contribution is 7.89. The Morgan fingerprint density at radius 1 is 1.35 bits per heavy atom. The molecular formula is C14H23FN2O2S. The summed E-state index contributed by atoms with van der Waals surface area (Å²) in [6.45, 7) is 6.07. The van der Waals surface area contributed by atoms with Crippen LogP contribution in [0.5, 0.6) is 0 Å². The Hall–Kier alpha value is -0.980. The molecular weight excluding hydrogens is 279 g/mol. The van der Waals surface area contributed by atoms with Gasteiger partial charge in [0.2, 0.25) is 10.0 Å². The Bertz CT molecular complexity index is 546. The van der Waals surface area contributed by atoms with Gasteiger partial charge in [-0.15, -0.1) is 0 Å². The second kappa shape index (κ2) is 7.15. The predicted molar refractivity (Wildman–Crippen MR) is 78.1 cm³/mol. The molecule has 0 radical (unpaired) electrons. The van der Waals surface area contributed by atoms with Gasteiger partial charge in [0.25, 0.3) is 0 Å². The van der Waals surface area contributed by atoms with E-state index in [1.807, 2.05) is 0 Å². The molecule has 0 aliphatic heterocycles. The number of nitrogens with one attached hydrogen (secondary N) is 1. The molecule has 20 heavy (non-hydrogen) atoms. The lowest BCUT2D eigenvalue weighted by Crippen LogP contribution is -2.34. The monoisotopic (exact) mass is 302 g/mol. The highest BCUT2D eigenvalue weighted by Gasteiger charge is 2.22. The van der Waals surface area contributed by atoms with Gasteiger partial charge in [0.15, 0.2) is 0 Å². The first-order chi connectivity index (χ1) is 9.30. The van der Waals surface area contributed by atoms with Crippen LogP contribution >= 0.6 is 0 Å². The third kappa shape index (κ3) is 4.54. The summed E-state index contributed by atoms with van der Waals surface area (Å²) in [5, 5.41) is 0. The number of benzene rings is 1. The molecule has 0 saturated carbocycles. The van der Waals surface area contributed by atoms with Gasteiger partial charge >= 0.3 is 0 Å². The van der Waals surface area contributed by atoms with Crippen LogP contribution in [0.2, 0.25) is 0 Å². The zero-order chi connectivity index (χ0) is 15.3. The fourth-order valence-corrected chi connectivity index (χ4v) is 3.41. The molecule has 0 amide bonds. The van der Waals surface area contributed by atoms with Crippen LogP contribution < -0.4 is 10.5 Å². The third-order valence-corrected chi connectivity index (χ3v) is 4.93. The van der Waals surface area contributed by atoms with Gasteiger partial charge in [-0.3, -0.25) is 0 Å². The number of nitrogens with two attached hydrogens (primary N) is 1. The van der Waals surface area contributed by atoms with Gasteiger partial charge in [-0.1, -0.05) is 26.3 Å². The summed E-state index contributed by atoms with van der Waals surface area (Å²) in [6.07, 6.45) is 1.69. The molecule has 0 heterocycles. The molecule has 1 aromatic rings. The van der Waals surface area contributed by atoms with Crippen molar-refractivity contribution in [3.05, 3.63) is 29.6 Å². The van der Waals surface area contributed by atoms with Crippen molar-refractivity contribution in [1.29, 1.82) is 0 Å². The van der Waals surface area contributed by atoms with Crippen molar-refractivity contribution >= 4 is 10.0 Å². The van der Waals surface area contributed by atoms with Crippen LogP contribution in [0.1, 0.15) is 39.2 Å². The SMILES string of the molecule is CCC(C)CC(C)NS(=O)(=O)c1cc(CN)ccc1F. The van der Waals surface area contributed by atoms with Crippen LogP contribution in [0, 0.1) is 11.7 Å². The first kappa shape index (κ1) is 17.1. The average molecular weight is 302 g/mol. The molecule has 2 atom stereocenters. The molecule has 0 fully saturated rings.